The molecule has 3 rings (SSSR count). The highest BCUT2D eigenvalue weighted by atomic mass is 35.5. The maximum absolute atomic E-state index is 12.2. The number of para-hydroxylation sites is 1. The second-order valence-electron chi connectivity index (χ2n) is 5.21. The lowest BCUT2D eigenvalue weighted by atomic mass is 9.97. The number of halogens is 1. The number of rotatable bonds is 3. The van der Waals surface area contributed by atoms with E-state index in [0.717, 1.165) is 31.7 Å². The lowest BCUT2D eigenvalue weighted by Crippen LogP contribution is -2.38. The summed E-state index contributed by atoms with van der Waals surface area (Å²) in [5.74, 6) is 1.16. The summed E-state index contributed by atoms with van der Waals surface area (Å²) in [5, 5.41) is 8.29. The van der Waals surface area contributed by atoms with Crippen LogP contribution in [0, 0.1) is 5.92 Å². The van der Waals surface area contributed by atoms with Crippen molar-refractivity contribution < 1.29 is 9.53 Å². The molecule has 114 valence electrons. The fourth-order valence-electron chi connectivity index (χ4n) is 2.51. The van der Waals surface area contributed by atoms with Crippen LogP contribution < -0.4 is 9.64 Å². The van der Waals surface area contributed by atoms with Gasteiger partial charge in [0.05, 0.1) is 5.92 Å². The third kappa shape index (κ3) is 3.54. The second-order valence-corrected chi connectivity index (χ2v) is 5.60. The Bertz CT molecular complexity index is 626. The van der Waals surface area contributed by atoms with Gasteiger partial charge in [0.1, 0.15) is 5.75 Å². The van der Waals surface area contributed by atoms with Gasteiger partial charge in [-0.2, -0.15) is 0 Å². The first-order valence-electron chi connectivity index (χ1n) is 7.23. The lowest BCUT2D eigenvalue weighted by Gasteiger charge is -2.31. The smallest absolute Gasteiger partial charge is 0.314 e. The Morgan fingerprint density at radius 3 is 2.45 bits per heavy atom. The molecule has 0 atom stereocenters. The number of esters is 1. The standard InChI is InChI=1S/C16H16ClN3O2/c17-14-6-7-15(19-18-14)20-10-8-12(9-11-20)16(21)22-13-4-2-1-3-5-13/h1-7,12H,8-11H2. The zero-order valence-electron chi connectivity index (χ0n) is 12.0. The van der Waals surface area contributed by atoms with Gasteiger partial charge in [-0.25, -0.2) is 0 Å². The molecule has 1 aliphatic heterocycles. The summed E-state index contributed by atoms with van der Waals surface area (Å²) in [4.78, 5) is 14.3. The van der Waals surface area contributed by atoms with Crippen LogP contribution in [0.5, 0.6) is 5.75 Å². The van der Waals surface area contributed by atoms with Crippen molar-refractivity contribution in [2.45, 2.75) is 12.8 Å². The van der Waals surface area contributed by atoms with E-state index >= 15 is 0 Å². The SMILES string of the molecule is O=C(Oc1ccccc1)C1CCN(c2ccc(Cl)nn2)CC1. The average molecular weight is 318 g/mol. The first-order valence-corrected chi connectivity index (χ1v) is 7.61. The molecule has 0 aliphatic carbocycles. The molecule has 5 nitrogen and oxygen atoms in total. The van der Waals surface area contributed by atoms with Gasteiger partial charge in [0.25, 0.3) is 0 Å². The van der Waals surface area contributed by atoms with Crippen molar-refractivity contribution in [2.75, 3.05) is 18.0 Å². The predicted molar refractivity (Wildman–Crippen MR) is 84.1 cm³/mol. The molecule has 1 saturated heterocycles. The topological polar surface area (TPSA) is 55.3 Å². The molecule has 6 heteroatoms. The molecule has 0 bridgehead atoms. The van der Waals surface area contributed by atoms with Crippen LogP contribution >= 0.6 is 11.6 Å². The highest BCUT2D eigenvalue weighted by molar-refractivity contribution is 6.29. The van der Waals surface area contributed by atoms with E-state index in [2.05, 4.69) is 15.1 Å². The van der Waals surface area contributed by atoms with E-state index in [4.69, 9.17) is 16.3 Å². The number of piperidine rings is 1. The van der Waals surface area contributed by atoms with Crippen molar-refractivity contribution in [1.82, 2.24) is 10.2 Å². The zero-order chi connectivity index (χ0) is 15.4. The number of carbonyl (C=O) groups excluding carboxylic acids is 1. The first kappa shape index (κ1) is 14.8. The van der Waals surface area contributed by atoms with Crippen LogP contribution in [0.2, 0.25) is 5.15 Å². The van der Waals surface area contributed by atoms with E-state index < -0.39 is 0 Å². The highest BCUT2D eigenvalue weighted by Crippen LogP contribution is 2.23. The Morgan fingerprint density at radius 1 is 1.09 bits per heavy atom. The Balaban J connectivity index is 1.55. The van der Waals surface area contributed by atoms with Crippen molar-refractivity contribution in [1.29, 1.82) is 0 Å². The normalized spacial score (nSPS) is 15.6. The molecule has 1 aliphatic rings. The van der Waals surface area contributed by atoms with Gasteiger partial charge in [0.2, 0.25) is 0 Å². The number of benzene rings is 1. The lowest BCUT2D eigenvalue weighted by molar-refractivity contribution is -0.139. The zero-order valence-corrected chi connectivity index (χ0v) is 12.7. The van der Waals surface area contributed by atoms with Crippen LogP contribution in [-0.2, 0) is 4.79 Å². The average Bonchev–Trinajstić information content (AvgIpc) is 2.57. The van der Waals surface area contributed by atoms with Crippen molar-refractivity contribution in [3.05, 3.63) is 47.6 Å². The van der Waals surface area contributed by atoms with Gasteiger partial charge >= 0.3 is 5.97 Å². The summed E-state index contributed by atoms with van der Waals surface area (Å²) in [6, 6.07) is 12.7. The molecule has 0 radical (unpaired) electrons. The van der Waals surface area contributed by atoms with Crippen LogP contribution in [0.25, 0.3) is 0 Å². The van der Waals surface area contributed by atoms with Crippen molar-refractivity contribution in [2.24, 2.45) is 5.92 Å². The number of ether oxygens (including phenoxy) is 1. The minimum atomic E-state index is -0.159. The van der Waals surface area contributed by atoms with Gasteiger partial charge in [-0.05, 0) is 37.1 Å². The number of nitrogens with zero attached hydrogens (tertiary/aromatic N) is 3. The summed E-state index contributed by atoms with van der Waals surface area (Å²) >= 11 is 5.74. The fraction of sp³-hybridized carbons (Fsp3) is 0.312. The number of hydrogen-bond acceptors (Lipinski definition) is 5. The van der Waals surface area contributed by atoms with Crippen LogP contribution in [0.1, 0.15) is 12.8 Å². The Hall–Kier alpha value is -2.14. The molecule has 0 N–H and O–H groups in total. The van der Waals surface area contributed by atoms with E-state index in [9.17, 15) is 4.79 Å². The Labute approximate surface area is 133 Å². The second kappa shape index (κ2) is 6.75. The molecule has 0 unspecified atom stereocenters. The molecule has 1 aromatic carbocycles. The Morgan fingerprint density at radius 2 is 1.82 bits per heavy atom. The van der Waals surface area contributed by atoms with Crippen molar-refractivity contribution in [3.8, 4) is 5.75 Å². The molecule has 1 fully saturated rings. The molecule has 0 amide bonds. The minimum Gasteiger partial charge on any atom is -0.426 e. The largest absolute Gasteiger partial charge is 0.426 e. The van der Waals surface area contributed by atoms with E-state index in [1.54, 1.807) is 18.2 Å². The Kier molecular flexibility index (Phi) is 4.53. The number of aromatic nitrogens is 2. The van der Waals surface area contributed by atoms with Crippen LogP contribution in [-0.4, -0.2) is 29.3 Å². The quantitative estimate of drug-likeness (QED) is 0.643. The maximum atomic E-state index is 12.2. The molecule has 0 spiro atoms. The van der Waals surface area contributed by atoms with E-state index in [-0.39, 0.29) is 11.9 Å². The summed E-state index contributed by atoms with van der Waals surface area (Å²) in [5.41, 5.74) is 0. The van der Waals surface area contributed by atoms with E-state index in [1.807, 2.05) is 24.3 Å². The van der Waals surface area contributed by atoms with Gasteiger partial charge in [-0.3, -0.25) is 4.79 Å². The van der Waals surface area contributed by atoms with Crippen molar-refractivity contribution in [3.63, 3.8) is 0 Å². The number of carbonyl (C=O) groups is 1. The molecular formula is C16H16ClN3O2. The van der Waals surface area contributed by atoms with Gasteiger partial charge in [-0.15, -0.1) is 10.2 Å². The molecule has 0 saturated carbocycles. The van der Waals surface area contributed by atoms with E-state index in [0.29, 0.717) is 10.9 Å². The summed E-state index contributed by atoms with van der Waals surface area (Å²) in [6.07, 6.45) is 1.49. The summed E-state index contributed by atoms with van der Waals surface area (Å²) in [7, 11) is 0. The molecular weight excluding hydrogens is 302 g/mol. The van der Waals surface area contributed by atoms with Crippen LogP contribution in [0.4, 0.5) is 5.82 Å². The van der Waals surface area contributed by atoms with Gasteiger partial charge < -0.3 is 9.64 Å². The van der Waals surface area contributed by atoms with Gasteiger partial charge in [0, 0.05) is 13.1 Å². The minimum absolute atomic E-state index is 0.0725. The first-order chi connectivity index (χ1) is 10.7. The fourth-order valence-corrected chi connectivity index (χ4v) is 2.61. The molecule has 2 heterocycles. The number of anilines is 1. The summed E-state index contributed by atoms with van der Waals surface area (Å²) in [6.45, 7) is 1.51. The molecule has 22 heavy (non-hydrogen) atoms. The molecule has 2 aromatic rings. The summed E-state index contributed by atoms with van der Waals surface area (Å²) < 4.78 is 5.41. The van der Waals surface area contributed by atoms with Crippen LogP contribution in [0.15, 0.2) is 42.5 Å². The monoisotopic (exact) mass is 317 g/mol. The van der Waals surface area contributed by atoms with Gasteiger partial charge in [-0.1, -0.05) is 29.8 Å². The van der Waals surface area contributed by atoms with E-state index in [1.165, 1.54) is 0 Å². The predicted octanol–water partition coefficient (Wildman–Crippen LogP) is 2.95. The maximum Gasteiger partial charge on any atom is 0.314 e. The molecule has 1 aromatic heterocycles. The van der Waals surface area contributed by atoms with Crippen molar-refractivity contribution >= 4 is 23.4 Å². The third-order valence-electron chi connectivity index (χ3n) is 3.73. The number of hydrogen-bond donors (Lipinski definition) is 0. The van der Waals surface area contributed by atoms with Gasteiger partial charge in [0.15, 0.2) is 11.0 Å². The highest BCUT2D eigenvalue weighted by Gasteiger charge is 2.27. The third-order valence-corrected chi connectivity index (χ3v) is 3.93. The van der Waals surface area contributed by atoms with Crippen LogP contribution in [0.3, 0.4) is 0 Å².